The third-order valence-corrected chi connectivity index (χ3v) is 4.67. The Morgan fingerprint density at radius 2 is 1.33 bits per heavy atom. The van der Waals surface area contributed by atoms with Crippen LogP contribution in [0.25, 0.3) is 9.16 Å². The Hall–Kier alpha value is -0.885. The number of benzene rings is 2. The van der Waals surface area contributed by atoms with Crippen molar-refractivity contribution in [1.29, 1.82) is 0 Å². The van der Waals surface area contributed by atoms with E-state index in [9.17, 15) is 0 Å². The molecule has 2 rings (SSSR count). The monoisotopic (exact) mass is 381 g/mol. The first kappa shape index (κ1) is 10.6. The molecule has 0 bridgehead atoms. The molecule has 0 aliphatic carbocycles. The first-order chi connectivity index (χ1) is 7.36. The molecule has 0 radical (unpaired) electrons. The van der Waals surface area contributed by atoms with Crippen LogP contribution in [-0.4, -0.2) is 0 Å². The van der Waals surface area contributed by atoms with Gasteiger partial charge >= 0.3 is 107 Å². The zero-order valence-electron chi connectivity index (χ0n) is 8.56. The molecule has 0 N–H and O–H groups in total. The molecule has 2 aromatic rings. The average molecular weight is 380 g/mol. The van der Waals surface area contributed by atoms with Gasteiger partial charge in [-0.1, -0.05) is 0 Å². The van der Waals surface area contributed by atoms with Gasteiger partial charge in [-0.3, -0.25) is 0 Å². The maximum atomic E-state index is 2.29. The molecule has 2 aromatic carbocycles. The Balaban J connectivity index is 2.29. The zero-order valence-corrected chi connectivity index (χ0v) is 14.1. The third-order valence-electron chi connectivity index (χ3n) is 2.29. The van der Waals surface area contributed by atoms with Crippen molar-refractivity contribution < 1.29 is 26.1 Å². The topological polar surface area (TPSA) is 0 Å². The summed E-state index contributed by atoms with van der Waals surface area (Å²) in [6, 6.07) is 21.1. The summed E-state index contributed by atoms with van der Waals surface area (Å²) in [6.45, 7) is 0. The molecule has 0 spiro atoms. The predicted molar refractivity (Wildman–Crippen MR) is 60.8 cm³/mol. The van der Waals surface area contributed by atoms with E-state index in [1.54, 1.807) is 0 Å². The summed E-state index contributed by atoms with van der Waals surface area (Å²) < 4.78 is 1.49. The molecule has 0 aliphatic rings. The van der Waals surface area contributed by atoms with E-state index in [0.29, 0.717) is 26.1 Å². The Bertz CT molecular complexity index is 443. The number of rotatable bonds is 2. The van der Waals surface area contributed by atoms with E-state index < -0.39 is 0 Å². The molecule has 0 heterocycles. The van der Waals surface area contributed by atoms with Crippen LogP contribution in [0.3, 0.4) is 0 Å². The fourth-order valence-corrected chi connectivity index (χ4v) is 3.32. The van der Waals surface area contributed by atoms with Gasteiger partial charge in [-0.2, -0.15) is 0 Å². The first-order valence-corrected chi connectivity index (χ1v) is 7.75. The van der Waals surface area contributed by atoms with Crippen LogP contribution in [0, 0.1) is 0 Å². The van der Waals surface area contributed by atoms with E-state index in [1.807, 2.05) is 0 Å². The second kappa shape index (κ2) is 5.27. The van der Waals surface area contributed by atoms with Crippen molar-refractivity contribution in [2.45, 2.75) is 0 Å². The van der Waals surface area contributed by atoms with Gasteiger partial charge in [-0.25, -0.2) is 0 Å². The molecule has 69 valence electrons. The van der Waals surface area contributed by atoms with Crippen LogP contribution in [0.5, 0.6) is 0 Å². The Morgan fingerprint density at radius 3 is 1.93 bits per heavy atom. The second-order valence-electron chi connectivity index (χ2n) is 3.45. The van der Waals surface area contributed by atoms with Crippen molar-refractivity contribution in [2.24, 2.45) is 0 Å². The van der Waals surface area contributed by atoms with Crippen molar-refractivity contribution in [3.63, 3.8) is 0 Å². The molecular formula is C14H11Hg. The van der Waals surface area contributed by atoms with E-state index >= 15 is 0 Å². The Labute approximate surface area is 107 Å². The molecule has 0 aromatic heterocycles. The quantitative estimate of drug-likeness (QED) is 0.551. The summed E-state index contributed by atoms with van der Waals surface area (Å²) in [7, 11) is 0. The van der Waals surface area contributed by atoms with Crippen LogP contribution < -0.4 is 0 Å². The van der Waals surface area contributed by atoms with Gasteiger partial charge in [-0.05, 0) is 0 Å². The van der Waals surface area contributed by atoms with Crippen LogP contribution in [0.1, 0.15) is 11.1 Å². The molecule has 0 nitrogen and oxygen atoms in total. The molecule has 0 saturated heterocycles. The van der Waals surface area contributed by atoms with Gasteiger partial charge in [0.25, 0.3) is 0 Å². The van der Waals surface area contributed by atoms with Crippen LogP contribution in [0.15, 0.2) is 60.7 Å². The molecule has 0 aliphatic heterocycles. The molecule has 0 fully saturated rings. The van der Waals surface area contributed by atoms with E-state index in [-0.39, 0.29) is 0 Å². The van der Waals surface area contributed by atoms with E-state index in [0.717, 1.165) is 0 Å². The van der Waals surface area contributed by atoms with Crippen LogP contribution in [-0.2, 0) is 26.1 Å². The van der Waals surface area contributed by atoms with Crippen LogP contribution >= 0.6 is 0 Å². The molecular weight excluding hydrogens is 369 g/mol. The second-order valence-corrected chi connectivity index (χ2v) is 6.41. The molecule has 0 unspecified atom stereocenters. The summed E-state index contributed by atoms with van der Waals surface area (Å²) in [6.07, 6.45) is 2.29. The normalized spacial score (nSPS) is 11.5. The standard InChI is InChI=1S/C14H11.Hg/c1-3-7-13(8-4-1)11-12-14-9-5-2-6-10-14;/h1-11H;. The molecule has 15 heavy (non-hydrogen) atoms. The fourth-order valence-electron chi connectivity index (χ4n) is 1.49. The van der Waals surface area contributed by atoms with Crippen molar-refractivity contribution in [2.75, 3.05) is 0 Å². The summed E-state index contributed by atoms with van der Waals surface area (Å²) in [5.74, 6) is 0. The zero-order chi connectivity index (χ0) is 10.5. The maximum absolute atomic E-state index is 2.29. The van der Waals surface area contributed by atoms with Gasteiger partial charge in [0.2, 0.25) is 0 Å². The minimum atomic E-state index is 0.645. The summed E-state index contributed by atoms with van der Waals surface area (Å²) in [5, 5.41) is 0. The first-order valence-electron chi connectivity index (χ1n) is 5.00. The van der Waals surface area contributed by atoms with Gasteiger partial charge in [0.05, 0.1) is 0 Å². The number of hydrogen-bond acceptors (Lipinski definition) is 0. The van der Waals surface area contributed by atoms with Gasteiger partial charge < -0.3 is 0 Å². The summed E-state index contributed by atoms with van der Waals surface area (Å²) in [5.41, 5.74) is 2.66. The van der Waals surface area contributed by atoms with Crippen molar-refractivity contribution in [3.8, 4) is 0 Å². The minimum absolute atomic E-state index is 0.645. The fraction of sp³-hybridized carbons (Fsp3) is 0. The van der Waals surface area contributed by atoms with E-state index in [2.05, 4.69) is 66.7 Å². The molecule has 0 atom stereocenters. The SMILES string of the molecule is [Hg]/[C](=C/c1ccccc1)c1ccccc1. The van der Waals surface area contributed by atoms with Gasteiger partial charge in [-0.15, -0.1) is 0 Å². The van der Waals surface area contributed by atoms with Gasteiger partial charge in [0.15, 0.2) is 0 Å². The van der Waals surface area contributed by atoms with E-state index in [4.69, 9.17) is 0 Å². The molecule has 0 saturated carbocycles. The van der Waals surface area contributed by atoms with Crippen molar-refractivity contribution >= 4 is 9.16 Å². The summed E-state index contributed by atoms with van der Waals surface area (Å²) >= 11 is 0.645. The molecule has 1 heteroatoms. The predicted octanol–water partition coefficient (Wildman–Crippen LogP) is 3.73. The third kappa shape index (κ3) is 3.03. The van der Waals surface area contributed by atoms with Crippen LogP contribution in [0.2, 0.25) is 0 Å². The van der Waals surface area contributed by atoms with Gasteiger partial charge in [0.1, 0.15) is 0 Å². The molecule has 0 amide bonds. The Kier molecular flexibility index (Phi) is 3.73. The van der Waals surface area contributed by atoms with Crippen LogP contribution in [0.4, 0.5) is 0 Å². The average Bonchev–Trinajstić information content (AvgIpc) is 2.31. The Morgan fingerprint density at radius 1 is 0.800 bits per heavy atom. The van der Waals surface area contributed by atoms with Crippen molar-refractivity contribution in [3.05, 3.63) is 71.8 Å². The van der Waals surface area contributed by atoms with Crippen molar-refractivity contribution in [1.82, 2.24) is 0 Å². The summed E-state index contributed by atoms with van der Waals surface area (Å²) in [4.78, 5) is 0. The van der Waals surface area contributed by atoms with E-state index in [1.165, 1.54) is 14.2 Å². The van der Waals surface area contributed by atoms with Gasteiger partial charge in [0, 0.05) is 0 Å². The number of hydrogen-bond donors (Lipinski definition) is 0.